The summed E-state index contributed by atoms with van der Waals surface area (Å²) in [5, 5.41) is 0. The van der Waals surface area contributed by atoms with Crippen LogP contribution in [0.5, 0.6) is 0 Å². The van der Waals surface area contributed by atoms with E-state index in [2.05, 4.69) is 0 Å². The summed E-state index contributed by atoms with van der Waals surface area (Å²) >= 11 is 0. The van der Waals surface area contributed by atoms with Gasteiger partial charge in [-0.3, -0.25) is 4.79 Å². The molecule has 0 spiro atoms. The van der Waals surface area contributed by atoms with Crippen LogP contribution in [0, 0.1) is 6.92 Å². The second kappa shape index (κ2) is 5.53. The third-order valence-electron chi connectivity index (χ3n) is 2.57. The first-order valence-electron chi connectivity index (χ1n) is 5.62. The van der Waals surface area contributed by atoms with E-state index >= 15 is 0 Å². The Morgan fingerprint density at radius 2 is 1.76 bits per heavy atom. The Labute approximate surface area is 103 Å². The van der Waals surface area contributed by atoms with E-state index in [0.29, 0.717) is 0 Å². The summed E-state index contributed by atoms with van der Waals surface area (Å²) in [4.78, 5) is 15.7. The van der Waals surface area contributed by atoms with Crippen LogP contribution in [0.15, 0.2) is 36.0 Å². The van der Waals surface area contributed by atoms with E-state index in [4.69, 9.17) is 0 Å². The van der Waals surface area contributed by atoms with Gasteiger partial charge in [-0.05, 0) is 25.5 Å². The molecule has 0 bridgehead atoms. The smallest absolute Gasteiger partial charge is 0.255 e. The lowest BCUT2D eigenvalue weighted by Crippen LogP contribution is -2.28. The van der Waals surface area contributed by atoms with Crippen molar-refractivity contribution in [2.24, 2.45) is 0 Å². The minimum atomic E-state index is 0.0213. The first-order valence-corrected chi connectivity index (χ1v) is 5.62. The molecule has 92 valence electrons. The Bertz CT molecular complexity index is 436. The van der Waals surface area contributed by atoms with Crippen molar-refractivity contribution in [1.29, 1.82) is 0 Å². The molecule has 0 aliphatic rings. The standard InChI is InChI=1S/C14H20N2O/c1-11-8-6-7-9-13(11)16(5)14(17)12(2)10-15(3)4/h6-10H,1-5H3. The van der Waals surface area contributed by atoms with Gasteiger partial charge in [-0.2, -0.15) is 0 Å². The number of carbonyl (C=O) groups excluding carboxylic acids is 1. The normalized spacial score (nSPS) is 11.2. The van der Waals surface area contributed by atoms with Gasteiger partial charge < -0.3 is 9.80 Å². The number of rotatable bonds is 3. The lowest BCUT2D eigenvalue weighted by atomic mass is 10.1. The zero-order valence-electron chi connectivity index (χ0n) is 11.2. The maximum absolute atomic E-state index is 12.2. The molecule has 0 saturated carbocycles. The monoisotopic (exact) mass is 232 g/mol. The summed E-state index contributed by atoms with van der Waals surface area (Å²) in [6, 6.07) is 7.87. The molecule has 0 heterocycles. The van der Waals surface area contributed by atoms with Crippen molar-refractivity contribution in [3.63, 3.8) is 0 Å². The average molecular weight is 232 g/mol. The molecule has 1 aromatic rings. The lowest BCUT2D eigenvalue weighted by molar-refractivity contribution is -0.114. The van der Waals surface area contributed by atoms with Gasteiger partial charge in [0.25, 0.3) is 5.91 Å². The first-order chi connectivity index (χ1) is 7.93. The van der Waals surface area contributed by atoms with Crippen LogP contribution in [0.3, 0.4) is 0 Å². The molecule has 0 aliphatic heterocycles. The minimum Gasteiger partial charge on any atom is -0.383 e. The van der Waals surface area contributed by atoms with E-state index in [1.165, 1.54) is 0 Å². The Morgan fingerprint density at radius 1 is 1.18 bits per heavy atom. The van der Waals surface area contributed by atoms with Crippen LogP contribution in [0.2, 0.25) is 0 Å². The quantitative estimate of drug-likeness (QED) is 0.747. The zero-order chi connectivity index (χ0) is 13.0. The van der Waals surface area contributed by atoms with Crippen molar-refractivity contribution in [3.05, 3.63) is 41.6 Å². The molecular weight excluding hydrogens is 212 g/mol. The highest BCUT2D eigenvalue weighted by molar-refractivity contribution is 6.05. The number of benzene rings is 1. The molecule has 0 saturated heterocycles. The van der Waals surface area contributed by atoms with E-state index in [1.54, 1.807) is 11.9 Å². The second-order valence-corrected chi connectivity index (χ2v) is 4.43. The third kappa shape index (κ3) is 3.34. The summed E-state index contributed by atoms with van der Waals surface area (Å²) < 4.78 is 0. The molecule has 3 nitrogen and oxygen atoms in total. The fraction of sp³-hybridized carbons (Fsp3) is 0.357. The summed E-state index contributed by atoms with van der Waals surface area (Å²) in [5.41, 5.74) is 2.77. The summed E-state index contributed by atoms with van der Waals surface area (Å²) in [6.45, 7) is 3.83. The zero-order valence-corrected chi connectivity index (χ0v) is 11.2. The second-order valence-electron chi connectivity index (χ2n) is 4.43. The van der Waals surface area contributed by atoms with Crippen molar-refractivity contribution in [2.45, 2.75) is 13.8 Å². The van der Waals surface area contributed by atoms with Crippen LogP contribution in [0.1, 0.15) is 12.5 Å². The molecule has 0 radical (unpaired) electrons. The maximum atomic E-state index is 12.2. The lowest BCUT2D eigenvalue weighted by Gasteiger charge is -2.20. The molecule has 0 N–H and O–H groups in total. The summed E-state index contributed by atoms with van der Waals surface area (Å²) in [6.07, 6.45) is 1.83. The molecule has 0 fully saturated rings. The third-order valence-corrected chi connectivity index (χ3v) is 2.57. The average Bonchev–Trinajstić information content (AvgIpc) is 2.27. The predicted octanol–water partition coefficient (Wildman–Crippen LogP) is 2.42. The highest BCUT2D eigenvalue weighted by Crippen LogP contribution is 2.19. The van der Waals surface area contributed by atoms with Gasteiger partial charge >= 0.3 is 0 Å². The number of hydrogen-bond donors (Lipinski definition) is 0. The van der Waals surface area contributed by atoms with E-state index in [-0.39, 0.29) is 5.91 Å². The molecule has 1 rings (SSSR count). The van der Waals surface area contributed by atoms with Gasteiger partial charge in [-0.25, -0.2) is 0 Å². The first kappa shape index (κ1) is 13.3. The van der Waals surface area contributed by atoms with Gasteiger partial charge in [0, 0.05) is 38.6 Å². The summed E-state index contributed by atoms with van der Waals surface area (Å²) in [5.74, 6) is 0.0213. The highest BCUT2D eigenvalue weighted by atomic mass is 16.2. The van der Waals surface area contributed by atoms with Crippen molar-refractivity contribution < 1.29 is 4.79 Å². The van der Waals surface area contributed by atoms with Crippen molar-refractivity contribution in [1.82, 2.24) is 4.90 Å². The number of likely N-dealkylation sites (N-methyl/N-ethyl adjacent to an activating group) is 1. The molecule has 0 aromatic heterocycles. The van der Waals surface area contributed by atoms with Crippen LogP contribution in [-0.4, -0.2) is 32.0 Å². The van der Waals surface area contributed by atoms with Gasteiger partial charge in [-0.15, -0.1) is 0 Å². The largest absolute Gasteiger partial charge is 0.383 e. The Hall–Kier alpha value is -1.77. The fourth-order valence-corrected chi connectivity index (χ4v) is 1.76. The molecule has 1 aromatic carbocycles. The molecular formula is C14H20N2O. The maximum Gasteiger partial charge on any atom is 0.255 e. The van der Waals surface area contributed by atoms with Crippen LogP contribution in [-0.2, 0) is 4.79 Å². The van der Waals surface area contributed by atoms with Crippen LogP contribution < -0.4 is 4.90 Å². The van der Waals surface area contributed by atoms with E-state index < -0.39 is 0 Å². The topological polar surface area (TPSA) is 23.6 Å². The van der Waals surface area contributed by atoms with E-state index in [9.17, 15) is 4.79 Å². The number of nitrogens with zero attached hydrogens (tertiary/aromatic N) is 2. The van der Waals surface area contributed by atoms with Gasteiger partial charge in [0.1, 0.15) is 0 Å². The molecule has 1 amide bonds. The fourth-order valence-electron chi connectivity index (χ4n) is 1.76. The Morgan fingerprint density at radius 3 is 2.29 bits per heavy atom. The van der Waals surface area contributed by atoms with E-state index in [1.807, 2.05) is 63.3 Å². The number of hydrogen-bond acceptors (Lipinski definition) is 2. The van der Waals surface area contributed by atoms with Crippen molar-refractivity contribution in [3.8, 4) is 0 Å². The molecule has 0 aliphatic carbocycles. The molecule has 3 heteroatoms. The van der Waals surface area contributed by atoms with E-state index in [0.717, 1.165) is 16.8 Å². The Kier molecular flexibility index (Phi) is 4.32. The Balaban J connectivity index is 2.95. The number of amides is 1. The predicted molar refractivity (Wildman–Crippen MR) is 72.0 cm³/mol. The van der Waals surface area contributed by atoms with Gasteiger partial charge in [0.05, 0.1) is 0 Å². The number of carbonyl (C=O) groups is 1. The summed E-state index contributed by atoms with van der Waals surface area (Å²) in [7, 11) is 5.62. The molecule has 0 unspecified atom stereocenters. The van der Waals surface area contributed by atoms with Gasteiger partial charge in [-0.1, -0.05) is 18.2 Å². The van der Waals surface area contributed by atoms with Crippen LogP contribution in [0.25, 0.3) is 0 Å². The van der Waals surface area contributed by atoms with Crippen LogP contribution >= 0.6 is 0 Å². The number of para-hydroxylation sites is 1. The molecule has 17 heavy (non-hydrogen) atoms. The van der Waals surface area contributed by atoms with Gasteiger partial charge in [0.15, 0.2) is 0 Å². The highest BCUT2D eigenvalue weighted by Gasteiger charge is 2.14. The molecule has 0 atom stereocenters. The minimum absolute atomic E-state index is 0.0213. The SMILES string of the molecule is CC(=CN(C)C)C(=O)N(C)c1ccccc1C. The van der Waals surface area contributed by atoms with Gasteiger partial charge in [0.2, 0.25) is 0 Å². The number of anilines is 1. The van der Waals surface area contributed by atoms with Crippen molar-refractivity contribution in [2.75, 3.05) is 26.0 Å². The number of aryl methyl sites for hydroxylation is 1. The van der Waals surface area contributed by atoms with Crippen molar-refractivity contribution >= 4 is 11.6 Å². The van der Waals surface area contributed by atoms with Crippen LogP contribution in [0.4, 0.5) is 5.69 Å².